The Hall–Kier alpha value is -4.05. The van der Waals surface area contributed by atoms with Crippen molar-refractivity contribution in [3.8, 4) is 10.4 Å². The van der Waals surface area contributed by atoms with Gasteiger partial charge in [-0.1, -0.05) is 30.3 Å². The lowest BCUT2D eigenvalue weighted by Gasteiger charge is -2.26. The fourth-order valence-electron chi connectivity index (χ4n) is 4.45. The number of aromatic nitrogens is 3. The monoisotopic (exact) mass is 541 g/mol. The Morgan fingerprint density at radius 2 is 1.87 bits per heavy atom. The van der Waals surface area contributed by atoms with E-state index in [4.69, 9.17) is 4.98 Å². The summed E-state index contributed by atoms with van der Waals surface area (Å²) in [5.41, 5.74) is 3.82. The number of nitrogens with zero attached hydrogens (tertiary/aromatic N) is 4. The van der Waals surface area contributed by atoms with Crippen LogP contribution in [0.15, 0.2) is 79.0 Å². The second-order valence-corrected chi connectivity index (χ2v) is 11.3. The summed E-state index contributed by atoms with van der Waals surface area (Å²) in [6.45, 7) is 5.59. The maximum atomic E-state index is 13.3. The van der Waals surface area contributed by atoms with Crippen LogP contribution < -0.4 is 10.2 Å². The molecule has 5 aromatic rings. The van der Waals surface area contributed by atoms with Crippen LogP contribution in [0.2, 0.25) is 0 Å². The molecule has 0 saturated heterocycles. The van der Waals surface area contributed by atoms with E-state index in [1.165, 1.54) is 11.3 Å². The van der Waals surface area contributed by atoms with E-state index >= 15 is 0 Å². The quantitative estimate of drug-likeness (QED) is 0.220. The molecule has 5 rings (SSSR count). The fraction of sp³-hybridized carbons (Fsp3) is 0.233. The summed E-state index contributed by atoms with van der Waals surface area (Å²) in [5.74, 6) is 0.0661. The van der Waals surface area contributed by atoms with Gasteiger partial charge in [0.1, 0.15) is 0 Å². The van der Waals surface area contributed by atoms with Gasteiger partial charge in [0, 0.05) is 35.1 Å². The predicted molar refractivity (Wildman–Crippen MR) is 156 cm³/mol. The number of benzene rings is 2. The molecule has 0 aliphatic heterocycles. The maximum Gasteiger partial charge on any atom is 0.268 e. The number of rotatable bonds is 8. The van der Waals surface area contributed by atoms with Gasteiger partial charge >= 0.3 is 0 Å². The zero-order valence-corrected chi connectivity index (χ0v) is 23.1. The Balaban J connectivity index is 1.45. The van der Waals surface area contributed by atoms with E-state index in [0.29, 0.717) is 16.3 Å². The van der Waals surface area contributed by atoms with Crippen molar-refractivity contribution in [1.82, 2.24) is 14.5 Å². The molecule has 39 heavy (non-hydrogen) atoms. The molecular weight excluding hydrogens is 510 g/mol. The summed E-state index contributed by atoms with van der Waals surface area (Å²) < 4.78 is 1.81. The number of aliphatic hydroxyl groups excluding tert-OH is 1. The summed E-state index contributed by atoms with van der Waals surface area (Å²) in [5, 5.41) is 24.4. The van der Waals surface area contributed by atoms with Crippen molar-refractivity contribution in [1.29, 1.82) is 0 Å². The van der Waals surface area contributed by atoms with Gasteiger partial charge < -0.3 is 19.7 Å². The third-order valence-electron chi connectivity index (χ3n) is 6.39. The molecule has 0 bridgehead atoms. The highest BCUT2D eigenvalue weighted by Crippen LogP contribution is 2.31. The van der Waals surface area contributed by atoms with Crippen molar-refractivity contribution in [2.75, 3.05) is 17.3 Å². The smallest absolute Gasteiger partial charge is 0.268 e. The summed E-state index contributed by atoms with van der Waals surface area (Å²) in [6, 6.07) is 22.7. The Kier molecular flexibility index (Phi) is 7.22. The molecule has 3 heterocycles. The predicted octanol–water partition coefficient (Wildman–Crippen LogP) is 5.62. The van der Waals surface area contributed by atoms with Crippen LogP contribution in [-0.4, -0.2) is 43.3 Å². The Morgan fingerprint density at radius 1 is 1.10 bits per heavy atom. The lowest BCUT2D eigenvalue weighted by atomic mass is 10.1. The first-order valence-electron chi connectivity index (χ1n) is 12.6. The lowest BCUT2D eigenvalue weighted by Crippen LogP contribution is -2.27. The first kappa shape index (κ1) is 26.6. The van der Waals surface area contributed by atoms with Gasteiger partial charge in [-0.25, -0.2) is 4.98 Å². The second-order valence-electron chi connectivity index (χ2n) is 10.2. The van der Waals surface area contributed by atoms with E-state index < -0.39 is 11.8 Å². The van der Waals surface area contributed by atoms with Crippen molar-refractivity contribution in [3.63, 3.8) is 0 Å². The number of fused-ring (bicyclic) bond motifs is 1. The normalized spacial score (nSPS) is 12.5. The molecule has 3 aromatic heterocycles. The lowest BCUT2D eigenvalue weighted by molar-refractivity contribution is 0.0630. The summed E-state index contributed by atoms with van der Waals surface area (Å²) >= 11 is 1.39. The molecule has 8 nitrogen and oxygen atoms in total. The van der Waals surface area contributed by atoms with Crippen LogP contribution in [0.3, 0.4) is 0 Å². The molecule has 2 aromatic carbocycles. The average molecular weight is 542 g/mol. The minimum Gasteiger partial charge on any atom is -0.389 e. The molecule has 1 atom stereocenters. The van der Waals surface area contributed by atoms with Crippen LogP contribution in [0.4, 0.5) is 11.6 Å². The highest BCUT2D eigenvalue weighted by molar-refractivity contribution is 7.17. The Labute approximate surface area is 231 Å². The molecule has 0 spiro atoms. The number of imidazole rings is 1. The highest BCUT2D eigenvalue weighted by Gasteiger charge is 2.23. The zero-order valence-electron chi connectivity index (χ0n) is 22.3. The number of anilines is 2. The molecule has 0 radical (unpaired) electrons. The minimum atomic E-state index is -1.04. The van der Waals surface area contributed by atoms with Gasteiger partial charge in [0.05, 0.1) is 28.1 Å². The van der Waals surface area contributed by atoms with E-state index in [0.717, 1.165) is 32.9 Å². The van der Waals surface area contributed by atoms with Gasteiger partial charge in [0.15, 0.2) is 6.23 Å². The van der Waals surface area contributed by atoms with Crippen LogP contribution >= 0.6 is 11.3 Å². The van der Waals surface area contributed by atoms with Crippen molar-refractivity contribution in [2.24, 2.45) is 0 Å². The maximum absolute atomic E-state index is 13.3. The van der Waals surface area contributed by atoms with E-state index in [1.807, 2.05) is 85.3 Å². The summed E-state index contributed by atoms with van der Waals surface area (Å²) in [7, 11) is 1.81. The van der Waals surface area contributed by atoms with Crippen LogP contribution in [-0.2, 0) is 6.54 Å². The third-order valence-corrected chi connectivity index (χ3v) is 7.52. The number of pyridine rings is 1. The van der Waals surface area contributed by atoms with Crippen LogP contribution in [0.1, 0.15) is 41.0 Å². The number of carbonyl (C=O) groups is 1. The van der Waals surface area contributed by atoms with Gasteiger partial charge in [-0.15, -0.1) is 11.3 Å². The molecule has 1 unspecified atom stereocenters. The first-order valence-corrected chi connectivity index (χ1v) is 13.4. The molecule has 200 valence electrons. The molecule has 0 aliphatic carbocycles. The summed E-state index contributed by atoms with van der Waals surface area (Å²) in [4.78, 5) is 25.5. The highest BCUT2D eigenvalue weighted by atomic mass is 32.1. The van der Waals surface area contributed by atoms with Crippen molar-refractivity contribution in [2.45, 2.75) is 39.1 Å². The topological polar surface area (TPSA) is 104 Å². The molecule has 0 saturated carbocycles. The van der Waals surface area contributed by atoms with Gasteiger partial charge in [0.2, 0.25) is 5.95 Å². The standard InChI is InChI=1S/C30H31N5O3S/c1-19-16-21(14-15-31-19)25-12-13-26(39-25)27(36)33-29-32-23-17-22(10-11-24(23)35(29)18-30(2,3)38)34(4)28(37)20-8-6-5-7-9-20/h5-17,28,37-38H,18H2,1-4H3,(H,32,33,36). The number of amides is 1. The number of hydrogen-bond acceptors (Lipinski definition) is 7. The van der Waals surface area contributed by atoms with Gasteiger partial charge in [-0.05, 0) is 68.8 Å². The van der Waals surface area contributed by atoms with Crippen LogP contribution in [0.5, 0.6) is 0 Å². The summed E-state index contributed by atoms with van der Waals surface area (Å²) in [6.07, 6.45) is 0.923. The van der Waals surface area contributed by atoms with Crippen molar-refractivity contribution < 1.29 is 15.0 Å². The SMILES string of the molecule is Cc1cc(-c2ccc(C(=O)Nc3nc4cc(N(C)C(O)c5ccccc5)ccc4n3CC(C)(C)O)s2)ccn1. The van der Waals surface area contributed by atoms with E-state index in [-0.39, 0.29) is 12.5 Å². The number of hydrogen-bond donors (Lipinski definition) is 3. The Bertz CT molecular complexity index is 1620. The zero-order chi connectivity index (χ0) is 27.7. The minimum absolute atomic E-state index is 0.229. The van der Waals surface area contributed by atoms with Crippen LogP contribution in [0, 0.1) is 6.92 Å². The van der Waals surface area contributed by atoms with Gasteiger partial charge in [-0.3, -0.25) is 15.1 Å². The first-order chi connectivity index (χ1) is 18.6. The number of thiophene rings is 1. The second kappa shape index (κ2) is 10.6. The van der Waals surface area contributed by atoms with Gasteiger partial charge in [0.25, 0.3) is 5.91 Å². The number of aliphatic hydroxyl groups is 2. The number of carbonyl (C=O) groups excluding carboxylic acids is 1. The molecule has 0 aliphatic rings. The molecule has 9 heteroatoms. The largest absolute Gasteiger partial charge is 0.389 e. The van der Waals surface area contributed by atoms with E-state index in [2.05, 4.69) is 10.3 Å². The number of aryl methyl sites for hydroxylation is 1. The molecule has 3 N–H and O–H groups in total. The third kappa shape index (κ3) is 5.85. The molecule has 1 amide bonds. The number of nitrogens with one attached hydrogen (secondary N) is 1. The van der Waals surface area contributed by atoms with Crippen molar-refractivity contribution in [3.05, 3.63) is 95.1 Å². The average Bonchev–Trinajstić information content (AvgIpc) is 3.53. The fourth-order valence-corrected chi connectivity index (χ4v) is 5.34. The molecule has 0 fully saturated rings. The van der Waals surface area contributed by atoms with Crippen molar-refractivity contribution >= 4 is 39.9 Å². The molecular formula is C30H31N5O3S. The Morgan fingerprint density at radius 3 is 2.59 bits per heavy atom. The van der Waals surface area contributed by atoms with Crippen LogP contribution in [0.25, 0.3) is 21.5 Å². The van der Waals surface area contributed by atoms with Gasteiger partial charge in [-0.2, -0.15) is 0 Å². The van der Waals surface area contributed by atoms with E-state index in [1.54, 1.807) is 31.0 Å². The van der Waals surface area contributed by atoms with E-state index in [9.17, 15) is 15.0 Å².